The van der Waals surface area contributed by atoms with Crippen LogP contribution in [-0.4, -0.2) is 69.8 Å². The van der Waals surface area contributed by atoms with Gasteiger partial charge in [0.15, 0.2) is 0 Å². The number of piperazine rings is 1. The SMILES string of the molecule is N=C(N)c1ccc(OCCCCN2CCN(C(CC(=O)O)c3ccccn3)C(=O)C2=O)cc1. The number of aliphatic carboxylic acids is 1. The predicted octanol–water partition coefficient (Wildman–Crippen LogP) is 1.41. The normalized spacial score (nSPS) is 14.8. The lowest BCUT2D eigenvalue weighted by molar-refractivity contribution is -0.159. The highest BCUT2D eigenvalue weighted by Crippen LogP contribution is 2.25. The number of amidine groups is 1. The number of pyridine rings is 1. The number of hydrogen-bond acceptors (Lipinski definition) is 6. The molecule has 1 aromatic heterocycles. The summed E-state index contributed by atoms with van der Waals surface area (Å²) in [6.07, 6.45) is 2.56. The van der Waals surface area contributed by atoms with Crippen LogP contribution in [0.4, 0.5) is 0 Å². The van der Waals surface area contributed by atoms with Crippen LogP contribution in [0.25, 0.3) is 0 Å². The number of nitrogens with zero attached hydrogens (tertiary/aromatic N) is 3. The highest BCUT2D eigenvalue weighted by atomic mass is 16.5. The number of carbonyl (C=O) groups excluding carboxylic acids is 2. The van der Waals surface area contributed by atoms with Crippen molar-refractivity contribution in [3.63, 3.8) is 0 Å². The lowest BCUT2D eigenvalue weighted by Crippen LogP contribution is -2.55. The van der Waals surface area contributed by atoms with E-state index in [1.807, 2.05) is 0 Å². The first kappa shape index (κ1) is 23.7. The molecule has 1 atom stereocenters. The summed E-state index contributed by atoms with van der Waals surface area (Å²) < 4.78 is 5.66. The van der Waals surface area contributed by atoms with Crippen LogP contribution in [0.3, 0.4) is 0 Å². The largest absolute Gasteiger partial charge is 0.494 e. The fourth-order valence-corrected chi connectivity index (χ4v) is 3.64. The molecule has 1 fully saturated rings. The number of benzene rings is 1. The molecule has 0 aliphatic carbocycles. The highest BCUT2D eigenvalue weighted by Gasteiger charge is 2.38. The number of amides is 2. The molecular weight excluding hydrogens is 426 g/mol. The zero-order chi connectivity index (χ0) is 23.8. The van der Waals surface area contributed by atoms with Crippen LogP contribution in [0, 0.1) is 5.41 Å². The highest BCUT2D eigenvalue weighted by molar-refractivity contribution is 6.35. The van der Waals surface area contributed by atoms with Crippen LogP contribution in [-0.2, 0) is 14.4 Å². The fraction of sp³-hybridized carbons (Fsp3) is 0.348. The van der Waals surface area contributed by atoms with Crippen LogP contribution >= 0.6 is 0 Å². The molecule has 1 aliphatic rings. The molecule has 0 bridgehead atoms. The Morgan fingerprint density at radius 1 is 1.12 bits per heavy atom. The standard InChI is InChI=1S/C23H27N5O5/c24-21(25)16-6-8-17(9-7-16)33-14-4-3-11-27-12-13-28(23(32)22(27)31)19(15-20(29)30)18-5-1-2-10-26-18/h1-2,5-10,19H,3-4,11-15H2,(H3,24,25)(H,29,30). The minimum atomic E-state index is -1.07. The zero-order valence-electron chi connectivity index (χ0n) is 18.1. The van der Waals surface area contributed by atoms with E-state index in [2.05, 4.69) is 4.98 Å². The van der Waals surface area contributed by atoms with Crippen LogP contribution < -0.4 is 10.5 Å². The average Bonchev–Trinajstić information content (AvgIpc) is 2.81. The van der Waals surface area contributed by atoms with Gasteiger partial charge >= 0.3 is 17.8 Å². The second-order valence-corrected chi connectivity index (χ2v) is 7.65. The van der Waals surface area contributed by atoms with Gasteiger partial charge in [0.25, 0.3) is 0 Å². The van der Waals surface area contributed by atoms with Gasteiger partial charge in [0, 0.05) is 31.4 Å². The van der Waals surface area contributed by atoms with Gasteiger partial charge in [0.2, 0.25) is 0 Å². The molecule has 10 heteroatoms. The molecule has 4 N–H and O–H groups in total. The monoisotopic (exact) mass is 453 g/mol. The first-order chi connectivity index (χ1) is 15.9. The van der Waals surface area contributed by atoms with Gasteiger partial charge in [-0.1, -0.05) is 6.07 Å². The summed E-state index contributed by atoms with van der Waals surface area (Å²) in [5, 5.41) is 16.7. The van der Waals surface area contributed by atoms with E-state index in [0.717, 1.165) is 0 Å². The second kappa shape index (κ2) is 11.1. The van der Waals surface area contributed by atoms with Crippen molar-refractivity contribution in [3.05, 3.63) is 59.9 Å². The van der Waals surface area contributed by atoms with Crippen molar-refractivity contribution in [3.8, 4) is 5.75 Å². The van der Waals surface area contributed by atoms with E-state index in [-0.39, 0.29) is 18.8 Å². The third kappa shape index (κ3) is 6.28. The Kier molecular flexibility index (Phi) is 7.96. The average molecular weight is 453 g/mol. The lowest BCUT2D eigenvalue weighted by Gasteiger charge is -2.37. The Morgan fingerprint density at radius 2 is 1.88 bits per heavy atom. The molecule has 1 saturated heterocycles. The Bertz CT molecular complexity index is 996. The third-order valence-corrected chi connectivity index (χ3v) is 5.37. The van der Waals surface area contributed by atoms with E-state index in [1.54, 1.807) is 42.5 Å². The van der Waals surface area contributed by atoms with Gasteiger partial charge in [-0.3, -0.25) is 24.8 Å². The summed E-state index contributed by atoms with van der Waals surface area (Å²) in [5.74, 6) is -1.74. The molecule has 0 saturated carbocycles. The summed E-state index contributed by atoms with van der Waals surface area (Å²) in [6.45, 7) is 1.44. The van der Waals surface area contributed by atoms with Gasteiger partial charge in [-0.2, -0.15) is 0 Å². The number of hydrogen-bond donors (Lipinski definition) is 3. The van der Waals surface area contributed by atoms with Gasteiger partial charge in [0.1, 0.15) is 11.6 Å². The molecule has 0 spiro atoms. The van der Waals surface area contributed by atoms with Crippen LogP contribution in [0.15, 0.2) is 48.7 Å². The van der Waals surface area contributed by atoms with Crippen molar-refractivity contribution >= 4 is 23.6 Å². The first-order valence-corrected chi connectivity index (χ1v) is 10.7. The van der Waals surface area contributed by atoms with Gasteiger partial charge in [-0.05, 0) is 49.2 Å². The lowest BCUT2D eigenvalue weighted by atomic mass is 10.1. The summed E-state index contributed by atoms with van der Waals surface area (Å²) in [5.41, 5.74) is 6.50. The van der Waals surface area contributed by atoms with Crippen molar-refractivity contribution < 1.29 is 24.2 Å². The summed E-state index contributed by atoms with van der Waals surface area (Å²) in [7, 11) is 0. The molecule has 0 radical (unpaired) electrons. The van der Waals surface area contributed by atoms with Gasteiger partial charge in [0.05, 0.1) is 24.8 Å². The minimum Gasteiger partial charge on any atom is -0.494 e. The molecule has 3 rings (SSSR count). The number of nitrogens with one attached hydrogen (secondary N) is 1. The van der Waals surface area contributed by atoms with Crippen molar-refractivity contribution in [2.24, 2.45) is 5.73 Å². The number of rotatable bonds is 11. The van der Waals surface area contributed by atoms with Crippen LogP contribution in [0.2, 0.25) is 0 Å². The first-order valence-electron chi connectivity index (χ1n) is 10.7. The second-order valence-electron chi connectivity index (χ2n) is 7.65. The Morgan fingerprint density at radius 3 is 2.52 bits per heavy atom. The Balaban J connectivity index is 1.48. The van der Waals surface area contributed by atoms with Gasteiger partial charge < -0.3 is 25.4 Å². The Hall–Kier alpha value is -3.95. The molecule has 1 unspecified atom stereocenters. The number of nitrogens with two attached hydrogens (primary N) is 1. The number of carboxylic acids is 1. The number of aromatic nitrogens is 1. The number of unbranched alkanes of at least 4 members (excludes halogenated alkanes) is 1. The number of ether oxygens (including phenoxy) is 1. The molecule has 1 aliphatic heterocycles. The maximum atomic E-state index is 12.7. The molecule has 2 heterocycles. The van der Waals surface area contributed by atoms with Crippen LogP contribution in [0.1, 0.15) is 36.6 Å². The predicted molar refractivity (Wildman–Crippen MR) is 120 cm³/mol. The van der Waals surface area contributed by atoms with Crippen molar-refractivity contribution in [1.29, 1.82) is 5.41 Å². The minimum absolute atomic E-state index is 0.00447. The number of carbonyl (C=O) groups is 3. The van der Waals surface area contributed by atoms with E-state index in [1.165, 1.54) is 16.0 Å². The van der Waals surface area contributed by atoms with E-state index in [4.69, 9.17) is 15.9 Å². The maximum Gasteiger partial charge on any atom is 0.312 e. The summed E-state index contributed by atoms with van der Waals surface area (Å²) in [4.78, 5) is 43.7. The molecule has 33 heavy (non-hydrogen) atoms. The molecule has 2 aromatic rings. The quantitative estimate of drug-likeness (QED) is 0.201. The van der Waals surface area contributed by atoms with Crippen molar-refractivity contribution in [2.75, 3.05) is 26.2 Å². The smallest absolute Gasteiger partial charge is 0.312 e. The fourth-order valence-electron chi connectivity index (χ4n) is 3.64. The van der Waals surface area contributed by atoms with Crippen molar-refractivity contribution in [2.45, 2.75) is 25.3 Å². The molecule has 1 aromatic carbocycles. The summed E-state index contributed by atoms with van der Waals surface area (Å²) >= 11 is 0. The molecular formula is C23H27N5O5. The number of nitrogen functional groups attached to an aromatic ring is 1. The van der Waals surface area contributed by atoms with Crippen molar-refractivity contribution in [1.82, 2.24) is 14.8 Å². The Labute approximate surface area is 191 Å². The van der Waals surface area contributed by atoms with E-state index >= 15 is 0 Å². The van der Waals surface area contributed by atoms with Crippen LogP contribution in [0.5, 0.6) is 5.75 Å². The molecule has 10 nitrogen and oxygen atoms in total. The topological polar surface area (TPSA) is 150 Å². The number of carboxylic acid groups (broad SMARTS) is 1. The van der Waals surface area contributed by atoms with Gasteiger partial charge in [-0.15, -0.1) is 0 Å². The molecule has 174 valence electrons. The zero-order valence-corrected chi connectivity index (χ0v) is 18.1. The van der Waals surface area contributed by atoms with E-state index in [9.17, 15) is 19.5 Å². The van der Waals surface area contributed by atoms with E-state index < -0.39 is 23.8 Å². The molecule has 2 amide bonds. The van der Waals surface area contributed by atoms with E-state index in [0.29, 0.717) is 49.5 Å². The third-order valence-electron chi connectivity index (χ3n) is 5.37. The maximum absolute atomic E-state index is 12.7. The summed E-state index contributed by atoms with van der Waals surface area (Å²) in [6, 6.07) is 11.2. The van der Waals surface area contributed by atoms with Gasteiger partial charge in [-0.25, -0.2) is 0 Å².